The Bertz CT molecular complexity index is 676. The first-order chi connectivity index (χ1) is 13.8. The molecule has 1 aromatic rings. The number of carbonyl (C=O) groups excluding carboxylic acids is 1. The van der Waals surface area contributed by atoms with Crippen LogP contribution < -0.4 is 0 Å². The number of hydrogen-bond acceptors (Lipinski definition) is 3. The number of hydrogen-bond donors (Lipinski definition) is 0. The molecule has 1 aromatic carbocycles. The molecule has 0 aromatic heterocycles. The zero-order valence-electron chi connectivity index (χ0n) is 20.7. The van der Waals surface area contributed by atoms with Crippen molar-refractivity contribution in [2.24, 2.45) is 22.7 Å². The van der Waals surface area contributed by atoms with Gasteiger partial charge < -0.3 is 9.47 Å². The van der Waals surface area contributed by atoms with E-state index in [9.17, 15) is 4.79 Å². The second-order valence-corrected chi connectivity index (χ2v) is 11.8. The van der Waals surface area contributed by atoms with Crippen LogP contribution >= 0.6 is 0 Å². The van der Waals surface area contributed by atoms with Crippen LogP contribution in [0.5, 0.6) is 0 Å². The van der Waals surface area contributed by atoms with E-state index in [1.807, 2.05) is 6.92 Å². The zero-order valence-corrected chi connectivity index (χ0v) is 20.7. The summed E-state index contributed by atoms with van der Waals surface area (Å²) in [6.45, 7) is 20.3. The highest BCUT2D eigenvalue weighted by molar-refractivity contribution is 5.77. The third-order valence-electron chi connectivity index (χ3n) is 6.36. The van der Waals surface area contributed by atoms with Crippen LogP contribution in [-0.4, -0.2) is 24.8 Å². The molecule has 1 aliphatic heterocycles. The SMILES string of the molecule is CC(C)Cc1ccc(C(C)C(=O)OCC2CCC(C(C)(C)C)C(C(C)(C)C)O2)cc1. The van der Waals surface area contributed by atoms with E-state index in [-0.39, 0.29) is 34.9 Å². The molecule has 1 fully saturated rings. The predicted molar refractivity (Wildman–Crippen MR) is 125 cm³/mol. The maximum Gasteiger partial charge on any atom is 0.313 e. The van der Waals surface area contributed by atoms with Gasteiger partial charge in [-0.3, -0.25) is 4.79 Å². The van der Waals surface area contributed by atoms with E-state index in [0.717, 1.165) is 24.8 Å². The van der Waals surface area contributed by atoms with Gasteiger partial charge in [0.2, 0.25) is 0 Å². The molecule has 0 radical (unpaired) electrons. The standard InChI is InChI=1S/C27H44O3/c1-18(2)16-20-10-12-21(13-11-20)19(3)25(28)29-17-22-14-15-23(26(4,5)6)24(30-22)27(7,8)9/h10-13,18-19,22-24H,14-17H2,1-9H3. The predicted octanol–water partition coefficient (Wildman–Crippen LogP) is 6.79. The minimum atomic E-state index is -0.262. The van der Waals surface area contributed by atoms with E-state index in [0.29, 0.717) is 18.4 Å². The van der Waals surface area contributed by atoms with Crippen LogP contribution in [0.15, 0.2) is 24.3 Å². The highest BCUT2D eigenvalue weighted by atomic mass is 16.6. The van der Waals surface area contributed by atoms with E-state index in [4.69, 9.17) is 9.47 Å². The summed E-state index contributed by atoms with van der Waals surface area (Å²) in [4.78, 5) is 12.7. The summed E-state index contributed by atoms with van der Waals surface area (Å²) < 4.78 is 12.2. The Hall–Kier alpha value is -1.35. The Morgan fingerprint density at radius 3 is 2.10 bits per heavy atom. The average molecular weight is 417 g/mol. The molecular weight excluding hydrogens is 372 g/mol. The van der Waals surface area contributed by atoms with Gasteiger partial charge in [-0.25, -0.2) is 0 Å². The molecule has 4 atom stereocenters. The molecule has 170 valence electrons. The van der Waals surface area contributed by atoms with Crippen LogP contribution in [-0.2, 0) is 20.7 Å². The fourth-order valence-corrected chi connectivity index (χ4v) is 4.55. The quantitative estimate of drug-likeness (QED) is 0.479. The lowest BCUT2D eigenvalue weighted by Gasteiger charge is -2.48. The van der Waals surface area contributed by atoms with Crippen molar-refractivity contribution >= 4 is 5.97 Å². The molecular formula is C27H44O3. The molecule has 3 heteroatoms. The molecule has 1 heterocycles. The van der Waals surface area contributed by atoms with Gasteiger partial charge >= 0.3 is 5.97 Å². The summed E-state index contributed by atoms with van der Waals surface area (Å²) in [5.41, 5.74) is 2.59. The molecule has 1 saturated heterocycles. The van der Waals surface area contributed by atoms with Gasteiger partial charge in [-0.05, 0) is 60.0 Å². The van der Waals surface area contributed by atoms with E-state index < -0.39 is 0 Å². The first-order valence-electron chi connectivity index (χ1n) is 11.7. The summed E-state index contributed by atoms with van der Waals surface area (Å²) in [5, 5.41) is 0. The normalized spacial score (nSPS) is 24.0. The Morgan fingerprint density at radius 1 is 1.00 bits per heavy atom. The largest absolute Gasteiger partial charge is 0.462 e. The van der Waals surface area contributed by atoms with E-state index >= 15 is 0 Å². The summed E-state index contributed by atoms with van der Waals surface area (Å²) in [6.07, 6.45) is 3.27. The summed E-state index contributed by atoms with van der Waals surface area (Å²) in [5.74, 6) is 0.708. The van der Waals surface area contributed by atoms with Crippen LogP contribution in [0.2, 0.25) is 0 Å². The third-order valence-corrected chi connectivity index (χ3v) is 6.36. The van der Waals surface area contributed by atoms with Crippen LogP contribution in [0.4, 0.5) is 0 Å². The molecule has 0 bridgehead atoms. The minimum Gasteiger partial charge on any atom is -0.462 e. The Labute approximate surface area is 184 Å². The second-order valence-electron chi connectivity index (χ2n) is 11.8. The third kappa shape index (κ3) is 6.83. The van der Waals surface area contributed by atoms with Crippen molar-refractivity contribution in [1.82, 2.24) is 0 Å². The lowest BCUT2D eigenvalue weighted by molar-refractivity contribution is -0.177. The molecule has 30 heavy (non-hydrogen) atoms. The first-order valence-corrected chi connectivity index (χ1v) is 11.7. The van der Waals surface area contributed by atoms with Gasteiger partial charge in [0, 0.05) is 0 Å². The molecule has 0 N–H and O–H groups in total. The lowest BCUT2D eigenvalue weighted by Crippen LogP contribution is -2.49. The van der Waals surface area contributed by atoms with Gasteiger partial charge in [0.1, 0.15) is 6.61 Å². The van der Waals surface area contributed by atoms with Crippen molar-refractivity contribution in [2.45, 2.75) is 99.7 Å². The van der Waals surface area contributed by atoms with Gasteiger partial charge in [0.05, 0.1) is 18.1 Å². The fraction of sp³-hybridized carbons (Fsp3) is 0.741. The van der Waals surface area contributed by atoms with Gasteiger partial charge in [-0.2, -0.15) is 0 Å². The molecule has 0 aliphatic carbocycles. The Balaban J connectivity index is 1.94. The molecule has 0 saturated carbocycles. The first kappa shape index (κ1) is 24.9. The number of rotatable bonds is 6. The minimum absolute atomic E-state index is 0.0163. The van der Waals surface area contributed by atoms with Crippen molar-refractivity contribution in [3.8, 4) is 0 Å². The topological polar surface area (TPSA) is 35.5 Å². The van der Waals surface area contributed by atoms with Crippen molar-refractivity contribution in [3.63, 3.8) is 0 Å². The number of ether oxygens (including phenoxy) is 2. The van der Waals surface area contributed by atoms with Gasteiger partial charge in [0.15, 0.2) is 0 Å². The monoisotopic (exact) mass is 416 g/mol. The van der Waals surface area contributed by atoms with Gasteiger partial charge in [-0.1, -0.05) is 79.7 Å². The highest BCUT2D eigenvalue weighted by Gasteiger charge is 2.44. The van der Waals surface area contributed by atoms with E-state index in [2.05, 4.69) is 79.7 Å². The molecule has 2 rings (SSSR count). The molecule has 0 amide bonds. The smallest absolute Gasteiger partial charge is 0.313 e. The summed E-state index contributed by atoms with van der Waals surface area (Å²) in [7, 11) is 0. The second kappa shape index (κ2) is 9.85. The van der Waals surface area contributed by atoms with Crippen molar-refractivity contribution in [1.29, 1.82) is 0 Å². The lowest BCUT2D eigenvalue weighted by atomic mass is 9.66. The van der Waals surface area contributed by atoms with Gasteiger partial charge in [-0.15, -0.1) is 0 Å². The fourth-order valence-electron chi connectivity index (χ4n) is 4.55. The van der Waals surface area contributed by atoms with Gasteiger partial charge in [0.25, 0.3) is 0 Å². The van der Waals surface area contributed by atoms with Crippen molar-refractivity contribution in [2.75, 3.05) is 6.61 Å². The van der Waals surface area contributed by atoms with E-state index in [1.54, 1.807) is 0 Å². The van der Waals surface area contributed by atoms with E-state index in [1.165, 1.54) is 5.56 Å². The number of esters is 1. The number of carbonyl (C=O) groups is 1. The van der Waals surface area contributed by atoms with Crippen LogP contribution in [0.3, 0.4) is 0 Å². The zero-order chi connectivity index (χ0) is 22.7. The van der Waals surface area contributed by atoms with Crippen molar-refractivity contribution < 1.29 is 14.3 Å². The summed E-state index contributed by atoms with van der Waals surface area (Å²) in [6, 6.07) is 8.38. The van der Waals surface area contributed by atoms with Crippen LogP contribution in [0.25, 0.3) is 0 Å². The number of benzene rings is 1. The summed E-state index contributed by atoms with van der Waals surface area (Å²) >= 11 is 0. The molecule has 0 spiro atoms. The van der Waals surface area contributed by atoms with Crippen molar-refractivity contribution in [3.05, 3.63) is 35.4 Å². The average Bonchev–Trinajstić information content (AvgIpc) is 2.64. The molecule has 4 unspecified atom stereocenters. The highest BCUT2D eigenvalue weighted by Crippen LogP contribution is 2.44. The molecule has 3 nitrogen and oxygen atoms in total. The molecule has 1 aliphatic rings. The van der Waals surface area contributed by atoms with Crippen LogP contribution in [0.1, 0.15) is 92.2 Å². The maximum atomic E-state index is 12.7. The van der Waals surface area contributed by atoms with Crippen LogP contribution in [0, 0.1) is 22.7 Å². The Kier molecular flexibility index (Phi) is 8.18. The maximum absolute atomic E-state index is 12.7. The Morgan fingerprint density at radius 2 is 1.60 bits per heavy atom.